The molecule has 3 nitrogen and oxygen atoms in total. The van der Waals surface area contributed by atoms with Gasteiger partial charge >= 0.3 is 9.53 Å². The van der Waals surface area contributed by atoms with Crippen molar-refractivity contribution < 1.29 is 13.3 Å². The number of hydrogen-bond donors (Lipinski definition) is 0. The van der Waals surface area contributed by atoms with E-state index in [1.165, 1.54) is 0 Å². The molecule has 0 heterocycles. The van der Waals surface area contributed by atoms with E-state index in [1.54, 1.807) is 0 Å². The van der Waals surface area contributed by atoms with Gasteiger partial charge < -0.3 is 13.3 Å². The lowest BCUT2D eigenvalue weighted by Gasteiger charge is -2.32. The molecular weight excluding hydrogens is 256 g/mol. The quantitative estimate of drug-likeness (QED) is 0.383. The molecule has 0 fully saturated rings. The van der Waals surface area contributed by atoms with Gasteiger partial charge in [0.2, 0.25) is 0 Å². The topological polar surface area (TPSA) is 27.7 Å². The maximum absolute atomic E-state index is 5.90. The predicted octanol–water partition coefficient (Wildman–Crippen LogP) is 3.51. The zero-order valence-electron chi connectivity index (χ0n) is 12.4. The molecular formula is C15H28O3Si. The second-order valence-electron chi connectivity index (χ2n) is 4.49. The highest BCUT2D eigenvalue weighted by Crippen LogP contribution is 2.33. The van der Waals surface area contributed by atoms with Gasteiger partial charge in [0, 0.05) is 25.2 Å². The van der Waals surface area contributed by atoms with Crippen LogP contribution >= 0.6 is 0 Å². The van der Waals surface area contributed by atoms with E-state index in [-0.39, 0.29) is 5.41 Å². The fourth-order valence-corrected chi connectivity index (χ4v) is 3.33. The molecule has 0 saturated carbocycles. The van der Waals surface area contributed by atoms with Crippen LogP contribution in [0.5, 0.6) is 0 Å². The molecule has 0 N–H and O–H groups in total. The minimum Gasteiger partial charge on any atom is -0.376 e. The molecule has 0 aromatic heterocycles. The third-order valence-electron chi connectivity index (χ3n) is 2.86. The van der Waals surface area contributed by atoms with Gasteiger partial charge in [0.15, 0.2) is 0 Å². The minimum atomic E-state index is -2.01. The van der Waals surface area contributed by atoms with Crippen molar-refractivity contribution in [2.45, 2.75) is 33.1 Å². The molecule has 0 aromatic carbocycles. The first kappa shape index (κ1) is 18.3. The summed E-state index contributed by atoms with van der Waals surface area (Å²) in [6, 6.07) is 0. The molecule has 110 valence electrons. The SMILES string of the molecule is C=CCC(CC=C)(CC=C)CO[SiH](OCC)OCC. The van der Waals surface area contributed by atoms with Crippen LogP contribution in [0, 0.1) is 5.41 Å². The average molecular weight is 284 g/mol. The molecule has 0 saturated heterocycles. The summed E-state index contributed by atoms with van der Waals surface area (Å²) in [6.45, 7) is 17.2. The van der Waals surface area contributed by atoms with Gasteiger partial charge in [-0.2, -0.15) is 0 Å². The molecule has 0 unspecified atom stereocenters. The van der Waals surface area contributed by atoms with Crippen LogP contribution in [0.15, 0.2) is 38.0 Å². The van der Waals surface area contributed by atoms with Crippen molar-refractivity contribution in [1.29, 1.82) is 0 Å². The molecule has 0 aliphatic heterocycles. The third kappa shape index (κ3) is 7.47. The molecule has 0 atom stereocenters. The summed E-state index contributed by atoms with van der Waals surface area (Å²) in [4.78, 5) is 0. The van der Waals surface area contributed by atoms with Gasteiger partial charge in [0.25, 0.3) is 0 Å². The first-order valence-corrected chi connectivity index (χ1v) is 8.27. The summed E-state index contributed by atoms with van der Waals surface area (Å²) in [5.74, 6) is 0. The van der Waals surface area contributed by atoms with Gasteiger partial charge in [-0.1, -0.05) is 18.2 Å². The largest absolute Gasteiger partial charge is 0.484 e. The van der Waals surface area contributed by atoms with Crippen LogP contribution in [0.4, 0.5) is 0 Å². The Balaban J connectivity index is 4.62. The van der Waals surface area contributed by atoms with Crippen molar-refractivity contribution in [3.05, 3.63) is 38.0 Å². The van der Waals surface area contributed by atoms with Gasteiger partial charge in [-0.05, 0) is 33.1 Å². The maximum atomic E-state index is 5.90. The molecule has 0 bridgehead atoms. The maximum Gasteiger partial charge on any atom is 0.484 e. The Bertz CT molecular complexity index is 234. The van der Waals surface area contributed by atoms with Crippen molar-refractivity contribution in [1.82, 2.24) is 0 Å². The van der Waals surface area contributed by atoms with Crippen LogP contribution < -0.4 is 0 Å². The molecule has 4 heteroatoms. The Morgan fingerprint density at radius 2 is 1.26 bits per heavy atom. The van der Waals surface area contributed by atoms with E-state index in [0.717, 1.165) is 19.3 Å². The van der Waals surface area contributed by atoms with Gasteiger partial charge in [-0.3, -0.25) is 0 Å². The smallest absolute Gasteiger partial charge is 0.376 e. The zero-order chi connectivity index (χ0) is 14.6. The van der Waals surface area contributed by atoms with E-state index in [9.17, 15) is 0 Å². The van der Waals surface area contributed by atoms with E-state index < -0.39 is 9.53 Å². The van der Waals surface area contributed by atoms with Gasteiger partial charge in [0.1, 0.15) is 0 Å². The van der Waals surface area contributed by atoms with Crippen LogP contribution in [-0.2, 0) is 13.3 Å². The lowest BCUT2D eigenvalue weighted by atomic mass is 9.79. The molecule has 0 amide bonds. The first-order chi connectivity index (χ1) is 9.17. The van der Waals surface area contributed by atoms with E-state index in [2.05, 4.69) is 19.7 Å². The fraction of sp³-hybridized carbons (Fsp3) is 0.600. The number of rotatable bonds is 13. The van der Waals surface area contributed by atoms with Crippen molar-refractivity contribution in [2.75, 3.05) is 19.8 Å². The Morgan fingerprint density at radius 1 is 0.842 bits per heavy atom. The van der Waals surface area contributed by atoms with E-state index in [0.29, 0.717) is 19.8 Å². The van der Waals surface area contributed by atoms with Gasteiger partial charge in [-0.25, -0.2) is 0 Å². The van der Waals surface area contributed by atoms with Crippen LogP contribution in [0.25, 0.3) is 0 Å². The molecule has 0 spiro atoms. The molecule has 0 rings (SSSR count). The van der Waals surface area contributed by atoms with Crippen molar-refractivity contribution >= 4 is 9.53 Å². The lowest BCUT2D eigenvalue weighted by Crippen LogP contribution is -2.34. The summed E-state index contributed by atoms with van der Waals surface area (Å²) in [7, 11) is -2.01. The number of allylic oxidation sites excluding steroid dienone is 3. The summed E-state index contributed by atoms with van der Waals surface area (Å²) in [5, 5.41) is 0. The monoisotopic (exact) mass is 284 g/mol. The van der Waals surface area contributed by atoms with Crippen LogP contribution in [0.1, 0.15) is 33.1 Å². The minimum absolute atomic E-state index is 0.0231. The highest BCUT2D eigenvalue weighted by Gasteiger charge is 2.29. The Morgan fingerprint density at radius 3 is 1.58 bits per heavy atom. The van der Waals surface area contributed by atoms with Crippen LogP contribution in [-0.4, -0.2) is 29.3 Å². The summed E-state index contributed by atoms with van der Waals surface area (Å²) in [6.07, 6.45) is 8.37. The Labute approximate surface area is 119 Å². The summed E-state index contributed by atoms with van der Waals surface area (Å²) >= 11 is 0. The predicted molar refractivity (Wildman–Crippen MR) is 83.2 cm³/mol. The van der Waals surface area contributed by atoms with Crippen LogP contribution in [0.2, 0.25) is 0 Å². The highest BCUT2D eigenvalue weighted by molar-refractivity contribution is 6.36. The zero-order valence-corrected chi connectivity index (χ0v) is 13.6. The normalized spacial score (nSPS) is 11.5. The standard InChI is InChI=1S/C15H28O3Si/c1-6-11-15(12-7-2,13-8-3)14-18-19(16-9-4)17-10-5/h6-8,19H,1-3,9-14H2,4-5H3. The first-order valence-electron chi connectivity index (χ1n) is 6.85. The second kappa shape index (κ2) is 11.2. The van der Waals surface area contributed by atoms with Crippen molar-refractivity contribution in [2.24, 2.45) is 5.41 Å². The Kier molecular flexibility index (Phi) is 10.8. The van der Waals surface area contributed by atoms with Gasteiger partial charge in [-0.15, -0.1) is 19.7 Å². The highest BCUT2D eigenvalue weighted by atomic mass is 28.3. The van der Waals surface area contributed by atoms with E-state index in [1.807, 2.05) is 32.1 Å². The fourth-order valence-electron chi connectivity index (χ4n) is 2.01. The Hall–Kier alpha value is -0.683. The van der Waals surface area contributed by atoms with E-state index in [4.69, 9.17) is 13.3 Å². The summed E-state index contributed by atoms with van der Waals surface area (Å²) in [5.41, 5.74) is -0.0231. The van der Waals surface area contributed by atoms with Crippen molar-refractivity contribution in [3.63, 3.8) is 0 Å². The number of hydrogen-bond acceptors (Lipinski definition) is 3. The lowest BCUT2D eigenvalue weighted by molar-refractivity contribution is 0.0574. The van der Waals surface area contributed by atoms with Crippen LogP contribution in [0.3, 0.4) is 0 Å². The molecule has 0 aliphatic carbocycles. The second-order valence-corrected chi connectivity index (χ2v) is 6.07. The van der Waals surface area contributed by atoms with Gasteiger partial charge in [0.05, 0.1) is 0 Å². The summed E-state index contributed by atoms with van der Waals surface area (Å²) < 4.78 is 17.0. The molecule has 0 aliphatic rings. The molecule has 19 heavy (non-hydrogen) atoms. The third-order valence-corrected chi connectivity index (χ3v) is 4.51. The van der Waals surface area contributed by atoms with E-state index >= 15 is 0 Å². The molecule has 0 radical (unpaired) electrons. The average Bonchev–Trinajstić information content (AvgIpc) is 2.37. The van der Waals surface area contributed by atoms with Crippen molar-refractivity contribution in [3.8, 4) is 0 Å². The molecule has 0 aromatic rings.